The molecule has 0 heterocycles. The quantitative estimate of drug-likeness (QED) is 0.801. The second-order valence-electron chi connectivity index (χ2n) is 6.77. The van der Waals surface area contributed by atoms with E-state index in [2.05, 4.69) is 19.2 Å². The van der Waals surface area contributed by atoms with Crippen LogP contribution in [0.2, 0.25) is 0 Å². The second kappa shape index (κ2) is 3.33. The molecule has 1 N–H and O–H groups in total. The molecule has 2 rings (SSSR count). The Labute approximate surface area is 103 Å². The van der Waals surface area contributed by atoms with Gasteiger partial charge in [0, 0.05) is 17.9 Å². The van der Waals surface area contributed by atoms with Crippen molar-refractivity contribution in [2.75, 3.05) is 0 Å². The van der Waals surface area contributed by atoms with Gasteiger partial charge in [0.1, 0.15) is 5.78 Å². The molecule has 0 radical (unpaired) electrons. The van der Waals surface area contributed by atoms with E-state index in [0.717, 1.165) is 12.8 Å². The highest BCUT2D eigenvalue weighted by Gasteiger charge is 2.72. The Bertz CT molecular complexity index is 386. The van der Waals surface area contributed by atoms with Crippen LogP contribution in [-0.4, -0.2) is 17.7 Å². The summed E-state index contributed by atoms with van der Waals surface area (Å²) in [7, 11) is 0. The average molecular weight is 237 g/mol. The van der Waals surface area contributed by atoms with Gasteiger partial charge < -0.3 is 5.32 Å². The van der Waals surface area contributed by atoms with Crippen LogP contribution >= 0.6 is 0 Å². The Hall–Kier alpha value is -0.860. The number of fused-ring (bicyclic) bond motifs is 2. The van der Waals surface area contributed by atoms with E-state index in [9.17, 15) is 9.59 Å². The number of carbonyl (C=O) groups excluding carboxylic acids is 2. The van der Waals surface area contributed by atoms with Gasteiger partial charge in [-0.1, -0.05) is 20.8 Å². The van der Waals surface area contributed by atoms with Gasteiger partial charge in [-0.2, -0.15) is 0 Å². The normalized spacial score (nSPS) is 38.8. The molecule has 2 saturated carbocycles. The molecule has 0 saturated heterocycles. The van der Waals surface area contributed by atoms with Crippen molar-refractivity contribution in [1.82, 2.24) is 5.32 Å². The molecule has 2 fully saturated rings. The van der Waals surface area contributed by atoms with Crippen LogP contribution < -0.4 is 5.32 Å². The van der Waals surface area contributed by atoms with Gasteiger partial charge in [-0.3, -0.25) is 9.59 Å². The second-order valence-corrected chi connectivity index (χ2v) is 6.77. The topological polar surface area (TPSA) is 46.2 Å². The molecule has 2 aliphatic rings. The van der Waals surface area contributed by atoms with Gasteiger partial charge in [-0.05, 0) is 32.1 Å². The van der Waals surface area contributed by atoms with Crippen molar-refractivity contribution in [1.29, 1.82) is 0 Å². The van der Waals surface area contributed by atoms with Gasteiger partial charge in [-0.25, -0.2) is 0 Å². The Morgan fingerprint density at radius 3 is 2.18 bits per heavy atom. The van der Waals surface area contributed by atoms with Crippen molar-refractivity contribution in [3.8, 4) is 0 Å². The lowest BCUT2D eigenvalue weighted by Crippen LogP contribution is -2.48. The summed E-state index contributed by atoms with van der Waals surface area (Å²) in [5, 5.41) is 3.01. The molecule has 17 heavy (non-hydrogen) atoms. The summed E-state index contributed by atoms with van der Waals surface area (Å²) >= 11 is 0. The first-order valence-electron chi connectivity index (χ1n) is 6.52. The highest BCUT2D eigenvalue weighted by Crippen LogP contribution is 2.70. The maximum atomic E-state index is 12.5. The van der Waals surface area contributed by atoms with Crippen molar-refractivity contribution in [2.45, 2.75) is 59.9 Å². The van der Waals surface area contributed by atoms with Crippen LogP contribution in [0.5, 0.6) is 0 Å². The molecule has 0 aromatic heterocycles. The van der Waals surface area contributed by atoms with Gasteiger partial charge in [0.2, 0.25) is 5.91 Å². The summed E-state index contributed by atoms with van der Waals surface area (Å²) in [5.41, 5.74) is -1.000. The Kier molecular flexibility index (Phi) is 2.47. The average Bonchev–Trinajstić information content (AvgIpc) is 2.47. The molecule has 0 aromatic rings. The molecule has 3 nitrogen and oxygen atoms in total. The van der Waals surface area contributed by atoms with E-state index in [4.69, 9.17) is 0 Å². The lowest BCUT2D eigenvalue weighted by atomic mass is 9.64. The van der Waals surface area contributed by atoms with E-state index < -0.39 is 5.41 Å². The van der Waals surface area contributed by atoms with Crippen molar-refractivity contribution in [2.24, 2.45) is 16.2 Å². The zero-order chi connectivity index (χ0) is 13.1. The maximum absolute atomic E-state index is 12.5. The third-order valence-electron chi connectivity index (χ3n) is 5.56. The number of rotatable bonds is 2. The van der Waals surface area contributed by atoms with Gasteiger partial charge in [0.15, 0.2) is 0 Å². The molecule has 2 aliphatic carbocycles. The molecule has 2 bridgehead atoms. The molecule has 3 heteroatoms. The van der Waals surface area contributed by atoms with E-state index in [1.54, 1.807) is 0 Å². The lowest BCUT2D eigenvalue weighted by molar-refractivity contribution is -0.137. The highest BCUT2D eigenvalue weighted by atomic mass is 16.2. The molecule has 1 amide bonds. The van der Waals surface area contributed by atoms with E-state index in [1.807, 2.05) is 20.8 Å². The van der Waals surface area contributed by atoms with Crippen molar-refractivity contribution in [3.05, 3.63) is 0 Å². The first kappa shape index (κ1) is 12.6. The summed E-state index contributed by atoms with van der Waals surface area (Å²) in [4.78, 5) is 24.7. The molecule has 0 spiro atoms. The summed E-state index contributed by atoms with van der Waals surface area (Å²) in [6, 6.07) is 0.134. The van der Waals surface area contributed by atoms with E-state index in [0.29, 0.717) is 6.42 Å². The minimum atomic E-state index is -0.469. The Balaban J connectivity index is 2.40. The molecule has 0 aliphatic heterocycles. The minimum absolute atomic E-state index is 0.0760. The fraction of sp³-hybridized carbons (Fsp3) is 0.857. The lowest BCUT2D eigenvalue weighted by Gasteiger charge is -2.39. The zero-order valence-electron chi connectivity index (χ0n) is 11.5. The largest absolute Gasteiger partial charge is 0.353 e. The third-order valence-corrected chi connectivity index (χ3v) is 5.56. The Morgan fingerprint density at radius 2 is 1.82 bits per heavy atom. The number of Topliss-reactive ketones (excluding diaryl/α,β-unsaturated/α-hetero) is 1. The first-order chi connectivity index (χ1) is 7.67. The number of hydrogen-bond donors (Lipinski definition) is 1. The summed E-state index contributed by atoms with van der Waals surface area (Å²) in [6.07, 6.45) is 2.13. The third kappa shape index (κ3) is 1.28. The standard InChI is InChI=1S/C14H23NO2/c1-9(2)15-11(17)14-7-6-13(5,10(16)8-14)12(14,3)4/h9H,6-8H2,1-5H3,(H,15,17)/t13-,14-/m1/s1. The van der Waals surface area contributed by atoms with Crippen LogP contribution in [0.4, 0.5) is 0 Å². The zero-order valence-corrected chi connectivity index (χ0v) is 11.5. The SMILES string of the molecule is CC(C)NC(=O)[C@@]12CC[C@](C)(C(=O)C1)C2(C)C. The van der Waals surface area contributed by atoms with Crippen LogP contribution in [-0.2, 0) is 9.59 Å². The van der Waals surface area contributed by atoms with Crippen molar-refractivity contribution in [3.63, 3.8) is 0 Å². The number of carbonyl (C=O) groups is 2. The first-order valence-corrected chi connectivity index (χ1v) is 6.52. The maximum Gasteiger partial charge on any atom is 0.227 e. The molecular weight excluding hydrogens is 214 g/mol. The fourth-order valence-corrected chi connectivity index (χ4v) is 3.76. The van der Waals surface area contributed by atoms with E-state index >= 15 is 0 Å². The van der Waals surface area contributed by atoms with Gasteiger partial charge in [-0.15, -0.1) is 0 Å². The van der Waals surface area contributed by atoms with Crippen LogP contribution in [0.3, 0.4) is 0 Å². The Morgan fingerprint density at radius 1 is 1.24 bits per heavy atom. The number of ketones is 1. The monoisotopic (exact) mass is 237 g/mol. The van der Waals surface area contributed by atoms with Crippen molar-refractivity contribution < 1.29 is 9.59 Å². The highest BCUT2D eigenvalue weighted by molar-refractivity contribution is 5.99. The molecule has 0 unspecified atom stereocenters. The van der Waals surface area contributed by atoms with E-state index in [-0.39, 0.29) is 28.6 Å². The van der Waals surface area contributed by atoms with E-state index in [1.165, 1.54) is 0 Å². The number of nitrogens with one attached hydrogen (secondary N) is 1. The van der Waals surface area contributed by atoms with Crippen LogP contribution in [0.25, 0.3) is 0 Å². The number of amides is 1. The minimum Gasteiger partial charge on any atom is -0.353 e. The molecule has 0 aromatic carbocycles. The predicted molar refractivity (Wildman–Crippen MR) is 66.5 cm³/mol. The summed E-state index contributed by atoms with van der Waals surface area (Å²) in [6.45, 7) is 10.1. The van der Waals surface area contributed by atoms with Gasteiger partial charge in [0.25, 0.3) is 0 Å². The predicted octanol–water partition coefficient (Wildman–Crippen LogP) is 2.30. The van der Waals surface area contributed by atoms with Gasteiger partial charge in [0.05, 0.1) is 5.41 Å². The molecule has 96 valence electrons. The smallest absolute Gasteiger partial charge is 0.227 e. The van der Waals surface area contributed by atoms with Crippen LogP contribution in [0, 0.1) is 16.2 Å². The summed E-state index contributed by atoms with van der Waals surface area (Å²) < 4.78 is 0. The molecular formula is C14H23NO2. The molecule has 2 atom stereocenters. The van der Waals surface area contributed by atoms with Crippen LogP contribution in [0.1, 0.15) is 53.9 Å². The van der Waals surface area contributed by atoms with Crippen molar-refractivity contribution >= 4 is 11.7 Å². The summed E-state index contributed by atoms with van der Waals surface area (Å²) in [5.74, 6) is 0.347. The fourth-order valence-electron chi connectivity index (χ4n) is 3.76. The number of hydrogen-bond acceptors (Lipinski definition) is 2. The van der Waals surface area contributed by atoms with Crippen LogP contribution in [0.15, 0.2) is 0 Å². The van der Waals surface area contributed by atoms with Gasteiger partial charge >= 0.3 is 0 Å².